The first-order valence-corrected chi connectivity index (χ1v) is 6.89. The molecule has 0 aliphatic rings. The Morgan fingerprint density at radius 3 is 2.83 bits per heavy atom. The van der Waals surface area contributed by atoms with Gasteiger partial charge in [-0.3, -0.25) is 0 Å². The summed E-state index contributed by atoms with van der Waals surface area (Å²) in [5.74, 6) is 6.89. The fourth-order valence-electron chi connectivity index (χ4n) is 1.35. The van der Waals surface area contributed by atoms with Crippen molar-refractivity contribution in [3.8, 4) is 11.8 Å². The highest BCUT2D eigenvalue weighted by atomic mass is 32.2. The summed E-state index contributed by atoms with van der Waals surface area (Å²) in [5, 5.41) is 8.68. The van der Waals surface area contributed by atoms with Crippen LogP contribution in [0.3, 0.4) is 0 Å². The molecule has 0 unspecified atom stereocenters. The Kier molecular flexibility index (Phi) is 6.81. The number of benzene rings is 1. The number of hydrogen-bond donors (Lipinski definition) is 1. The molecule has 0 spiro atoms. The van der Waals surface area contributed by atoms with Gasteiger partial charge in [-0.15, -0.1) is 0 Å². The quantitative estimate of drug-likeness (QED) is 0.652. The van der Waals surface area contributed by atoms with Crippen molar-refractivity contribution in [3.63, 3.8) is 0 Å². The van der Waals surface area contributed by atoms with E-state index in [1.54, 1.807) is 17.8 Å². The zero-order valence-corrected chi connectivity index (χ0v) is 11.6. The highest BCUT2D eigenvalue weighted by molar-refractivity contribution is 7.98. The maximum absolute atomic E-state index is 13.1. The van der Waals surface area contributed by atoms with Crippen LogP contribution in [-0.4, -0.2) is 43.0 Å². The van der Waals surface area contributed by atoms with E-state index in [2.05, 4.69) is 16.7 Å². The number of thioether (sulfide) groups is 1. The monoisotopic (exact) mass is 267 g/mol. The molecule has 0 saturated heterocycles. The highest BCUT2D eigenvalue weighted by Crippen LogP contribution is 2.17. The van der Waals surface area contributed by atoms with Crippen molar-refractivity contribution in [2.45, 2.75) is 5.75 Å². The summed E-state index contributed by atoms with van der Waals surface area (Å²) in [6.07, 6.45) is 0. The maximum Gasteiger partial charge on any atom is 0.124 e. The molecule has 0 aromatic heterocycles. The van der Waals surface area contributed by atoms with Crippen LogP contribution >= 0.6 is 11.8 Å². The van der Waals surface area contributed by atoms with Crippen LogP contribution in [0.25, 0.3) is 0 Å². The average molecular weight is 267 g/mol. The van der Waals surface area contributed by atoms with Crippen LogP contribution in [0.15, 0.2) is 18.2 Å². The lowest BCUT2D eigenvalue weighted by atomic mass is 10.1. The first-order valence-electron chi connectivity index (χ1n) is 5.74. The van der Waals surface area contributed by atoms with E-state index >= 15 is 0 Å². The second-order valence-electron chi connectivity index (χ2n) is 4.12. The van der Waals surface area contributed by atoms with E-state index in [-0.39, 0.29) is 12.4 Å². The number of halogens is 1. The van der Waals surface area contributed by atoms with Crippen LogP contribution in [0.1, 0.15) is 11.1 Å². The van der Waals surface area contributed by atoms with E-state index in [0.29, 0.717) is 5.56 Å². The SMILES string of the molecule is CN(C)CCSCc1ccc(F)cc1C#CCO. The van der Waals surface area contributed by atoms with E-state index < -0.39 is 0 Å². The Morgan fingerprint density at radius 2 is 2.17 bits per heavy atom. The smallest absolute Gasteiger partial charge is 0.124 e. The normalized spacial score (nSPS) is 10.3. The van der Waals surface area contributed by atoms with E-state index in [1.807, 2.05) is 14.1 Å². The number of aliphatic hydroxyl groups is 1. The predicted molar refractivity (Wildman–Crippen MR) is 75.1 cm³/mol. The van der Waals surface area contributed by atoms with Gasteiger partial charge in [0.25, 0.3) is 0 Å². The van der Waals surface area contributed by atoms with Gasteiger partial charge in [0, 0.05) is 23.6 Å². The van der Waals surface area contributed by atoms with Crippen molar-refractivity contribution in [3.05, 3.63) is 35.1 Å². The molecule has 98 valence electrons. The molecule has 0 atom stereocenters. The van der Waals surface area contributed by atoms with Gasteiger partial charge < -0.3 is 10.0 Å². The van der Waals surface area contributed by atoms with Gasteiger partial charge in [-0.2, -0.15) is 11.8 Å². The summed E-state index contributed by atoms with van der Waals surface area (Å²) in [6.45, 7) is 0.813. The Hall–Kier alpha value is -1.02. The summed E-state index contributed by atoms with van der Waals surface area (Å²) in [7, 11) is 4.08. The van der Waals surface area contributed by atoms with Crippen LogP contribution in [0.4, 0.5) is 4.39 Å². The maximum atomic E-state index is 13.1. The van der Waals surface area contributed by atoms with Gasteiger partial charge in [-0.1, -0.05) is 17.9 Å². The Labute approximate surface area is 112 Å². The van der Waals surface area contributed by atoms with Gasteiger partial charge in [0.05, 0.1) is 0 Å². The molecule has 1 aromatic rings. The van der Waals surface area contributed by atoms with Crippen molar-refractivity contribution in [1.29, 1.82) is 0 Å². The molecule has 0 aliphatic carbocycles. The summed E-state index contributed by atoms with van der Waals surface area (Å²) >= 11 is 1.79. The Bertz CT molecular complexity index is 437. The lowest BCUT2D eigenvalue weighted by Gasteiger charge is -2.09. The van der Waals surface area contributed by atoms with Crippen LogP contribution in [0.2, 0.25) is 0 Å². The minimum absolute atomic E-state index is 0.205. The van der Waals surface area contributed by atoms with Gasteiger partial charge in [0.2, 0.25) is 0 Å². The van der Waals surface area contributed by atoms with Crippen LogP contribution in [0.5, 0.6) is 0 Å². The lowest BCUT2D eigenvalue weighted by Crippen LogP contribution is -2.14. The molecule has 18 heavy (non-hydrogen) atoms. The third-order valence-electron chi connectivity index (χ3n) is 2.31. The van der Waals surface area contributed by atoms with E-state index in [0.717, 1.165) is 23.6 Å². The molecule has 1 aromatic carbocycles. The van der Waals surface area contributed by atoms with E-state index in [4.69, 9.17) is 5.11 Å². The Morgan fingerprint density at radius 1 is 1.39 bits per heavy atom. The zero-order valence-electron chi connectivity index (χ0n) is 10.7. The molecule has 0 fully saturated rings. The minimum atomic E-state index is -0.292. The predicted octanol–water partition coefficient (Wildman–Crippen LogP) is 1.96. The largest absolute Gasteiger partial charge is 0.384 e. The van der Waals surface area contributed by atoms with Gasteiger partial charge in [0.1, 0.15) is 12.4 Å². The van der Waals surface area contributed by atoms with Crippen molar-refractivity contribution >= 4 is 11.8 Å². The fourth-order valence-corrected chi connectivity index (χ4v) is 2.47. The molecule has 0 heterocycles. The third kappa shape index (κ3) is 5.54. The van der Waals surface area contributed by atoms with Crippen molar-refractivity contribution in [2.24, 2.45) is 0 Å². The lowest BCUT2D eigenvalue weighted by molar-refractivity contribution is 0.350. The summed E-state index contributed by atoms with van der Waals surface area (Å²) in [4.78, 5) is 2.13. The van der Waals surface area contributed by atoms with E-state index in [9.17, 15) is 4.39 Å². The summed E-state index contributed by atoms with van der Waals surface area (Å²) < 4.78 is 13.1. The molecule has 0 saturated carbocycles. The van der Waals surface area contributed by atoms with Gasteiger partial charge in [-0.25, -0.2) is 4.39 Å². The minimum Gasteiger partial charge on any atom is -0.384 e. The first kappa shape index (κ1) is 15.0. The number of nitrogens with zero attached hydrogens (tertiary/aromatic N) is 1. The van der Waals surface area contributed by atoms with Crippen molar-refractivity contribution in [1.82, 2.24) is 4.90 Å². The van der Waals surface area contributed by atoms with Crippen LogP contribution < -0.4 is 0 Å². The fraction of sp³-hybridized carbons (Fsp3) is 0.429. The molecule has 4 heteroatoms. The molecule has 1 rings (SSSR count). The third-order valence-corrected chi connectivity index (χ3v) is 3.30. The molecule has 0 amide bonds. The van der Waals surface area contributed by atoms with Gasteiger partial charge in [-0.05, 0) is 31.8 Å². The van der Waals surface area contributed by atoms with Crippen molar-refractivity contribution < 1.29 is 9.50 Å². The standard InChI is InChI=1S/C14H18FNOS/c1-16(2)7-9-18-11-13-5-6-14(15)10-12(13)4-3-8-17/h5-6,10,17H,7-9,11H2,1-2H3. The molecule has 0 aliphatic heterocycles. The summed E-state index contributed by atoms with van der Waals surface area (Å²) in [6, 6.07) is 4.63. The van der Waals surface area contributed by atoms with E-state index in [1.165, 1.54) is 12.1 Å². The molecule has 2 nitrogen and oxygen atoms in total. The summed E-state index contributed by atoms with van der Waals surface area (Å²) in [5.41, 5.74) is 1.68. The first-order chi connectivity index (χ1) is 8.63. The second-order valence-corrected chi connectivity index (χ2v) is 5.22. The average Bonchev–Trinajstić information content (AvgIpc) is 2.33. The molecular weight excluding hydrogens is 249 g/mol. The number of hydrogen-bond acceptors (Lipinski definition) is 3. The van der Waals surface area contributed by atoms with Gasteiger partial charge in [0.15, 0.2) is 0 Å². The highest BCUT2D eigenvalue weighted by Gasteiger charge is 2.02. The molecule has 0 radical (unpaired) electrons. The van der Waals surface area contributed by atoms with Gasteiger partial charge >= 0.3 is 0 Å². The second kappa shape index (κ2) is 8.15. The molecule has 1 N–H and O–H groups in total. The zero-order chi connectivity index (χ0) is 13.4. The topological polar surface area (TPSA) is 23.5 Å². The molecule has 0 bridgehead atoms. The molecular formula is C14H18FNOS. The van der Waals surface area contributed by atoms with Crippen LogP contribution in [-0.2, 0) is 5.75 Å². The van der Waals surface area contributed by atoms with Crippen molar-refractivity contribution in [2.75, 3.05) is 33.0 Å². The Balaban J connectivity index is 2.63. The van der Waals surface area contributed by atoms with Crippen LogP contribution in [0, 0.1) is 17.7 Å². The number of rotatable bonds is 5. The number of aliphatic hydroxyl groups excluding tert-OH is 1.